The Morgan fingerprint density at radius 1 is 0.905 bits per heavy atom. The lowest BCUT2D eigenvalue weighted by atomic mass is 10.2. The van der Waals surface area contributed by atoms with Crippen LogP contribution < -0.4 is 0 Å². The molecule has 0 spiro atoms. The standard InChI is InChI=1S/C9H9BrO2.C8H9Br/c1-12-9(11)8(10)7-5-3-2-4-6-7;1-7(9)8-5-3-2-4-6-8/h2-6,8H,1H3;2-7H,1H3. The van der Waals surface area contributed by atoms with Gasteiger partial charge in [0.1, 0.15) is 4.83 Å². The third-order valence-electron chi connectivity index (χ3n) is 2.76. The maximum absolute atomic E-state index is 11.0. The van der Waals surface area contributed by atoms with Crippen molar-refractivity contribution in [1.29, 1.82) is 0 Å². The van der Waals surface area contributed by atoms with E-state index in [1.807, 2.05) is 48.5 Å². The summed E-state index contributed by atoms with van der Waals surface area (Å²) in [6.45, 7) is 2.12. The molecule has 0 aliphatic rings. The maximum Gasteiger partial charge on any atom is 0.323 e. The van der Waals surface area contributed by atoms with Crippen molar-refractivity contribution in [3.05, 3.63) is 71.8 Å². The molecule has 112 valence electrons. The molecule has 2 atom stereocenters. The van der Waals surface area contributed by atoms with Crippen molar-refractivity contribution in [2.24, 2.45) is 0 Å². The summed E-state index contributed by atoms with van der Waals surface area (Å²) in [6, 6.07) is 19.8. The zero-order valence-electron chi connectivity index (χ0n) is 12.0. The fourth-order valence-corrected chi connectivity index (χ4v) is 2.38. The lowest BCUT2D eigenvalue weighted by Crippen LogP contribution is -2.07. The number of rotatable bonds is 3. The van der Waals surface area contributed by atoms with Crippen LogP contribution in [0.3, 0.4) is 0 Å². The van der Waals surface area contributed by atoms with Gasteiger partial charge in [0.05, 0.1) is 7.11 Å². The van der Waals surface area contributed by atoms with Crippen molar-refractivity contribution in [1.82, 2.24) is 0 Å². The third kappa shape index (κ3) is 6.44. The van der Waals surface area contributed by atoms with Crippen LogP contribution in [0.25, 0.3) is 0 Å². The number of ether oxygens (including phenoxy) is 1. The minimum absolute atomic E-state index is 0.277. The van der Waals surface area contributed by atoms with Gasteiger partial charge in [-0.3, -0.25) is 4.79 Å². The predicted molar refractivity (Wildman–Crippen MR) is 93.9 cm³/mol. The molecule has 0 aliphatic heterocycles. The first-order chi connectivity index (χ1) is 10.1. The average molecular weight is 414 g/mol. The van der Waals surface area contributed by atoms with Gasteiger partial charge in [-0.1, -0.05) is 92.5 Å². The lowest BCUT2D eigenvalue weighted by molar-refractivity contribution is -0.139. The van der Waals surface area contributed by atoms with Crippen molar-refractivity contribution < 1.29 is 9.53 Å². The van der Waals surface area contributed by atoms with Gasteiger partial charge in [-0.2, -0.15) is 0 Å². The van der Waals surface area contributed by atoms with E-state index in [0.29, 0.717) is 4.83 Å². The molecule has 0 aliphatic carbocycles. The van der Waals surface area contributed by atoms with Gasteiger partial charge in [0.2, 0.25) is 0 Å². The number of carbonyl (C=O) groups is 1. The zero-order valence-corrected chi connectivity index (χ0v) is 15.2. The van der Waals surface area contributed by atoms with Gasteiger partial charge >= 0.3 is 5.97 Å². The number of carbonyl (C=O) groups excluding carboxylic acids is 1. The number of benzene rings is 2. The summed E-state index contributed by atoms with van der Waals surface area (Å²) in [4.78, 5) is 11.2. The van der Waals surface area contributed by atoms with Crippen LogP contribution in [-0.4, -0.2) is 13.1 Å². The number of hydrogen-bond acceptors (Lipinski definition) is 2. The molecule has 0 fully saturated rings. The Hall–Kier alpha value is -1.13. The third-order valence-corrected chi connectivity index (χ3v) is 4.19. The Labute approximate surface area is 142 Å². The monoisotopic (exact) mass is 412 g/mol. The minimum Gasteiger partial charge on any atom is -0.468 e. The molecule has 0 saturated carbocycles. The highest BCUT2D eigenvalue weighted by molar-refractivity contribution is 9.09. The predicted octanol–water partition coefficient (Wildman–Crippen LogP) is 5.44. The molecule has 2 rings (SSSR count). The summed E-state index contributed by atoms with van der Waals surface area (Å²) >= 11 is 6.72. The second-order valence-corrected chi connectivity index (χ2v) is 6.61. The Morgan fingerprint density at radius 2 is 1.33 bits per heavy atom. The molecule has 2 nitrogen and oxygen atoms in total. The molecule has 0 aromatic heterocycles. The summed E-state index contributed by atoms with van der Waals surface area (Å²) < 4.78 is 4.58. The van der Waals surface area contributed by atoms with E-state index >= 15 is 0 Å². The van der Waals surface area contributed by atoms with Crippen LogP contribution >= 0.6 is 31.9 Å². The highest BCUT2D eigenvalue weighted by atomic mass is 79.9. The Balaban J connectivity index is 0.000000219. The van der Waals surface area contributed by atoms with Crippen LogP contribution in [0.5, 0.6) is 0 Å². The summed E-state index contributed by atoms with van der Waals surface area (Å²) in [5, 5.41) is 0. The van der Waals surface area contributed by atoms with Crippen LogP contribution in [0.4, 0.5) is 0 Å². The Morgan fingerprint density at radius 3 is 1.67 bits per heavy atom. The first-order valence-electron chi connectivity index (χ1n) is 6.52. The van der Waals surface area contributed by atoms with Gasteiger partial charge in [0, 0.05) is 4.83 Å². The largest absolute Gasteiger partial charge is 0.468 e. The van der Waals surface area contributed by atoms with Crippen molar-refractivity contribution in [3.63, 3.8) is 0 Å². The molecule has 2 unspecified atom stereocenters. The van der Waals surface area contributed by atoms with E-state index in [4.69, 9.17) is 0 Å². The second kappa shape index (κ2) is 9.74. The summed E-state index contributed by atoms with van der Waals surface area (Å²) in [6.07, 6.45) is 0. The van der Waals surface area contributed by atoms with Gasteiger partial charge in [0.25, 0.3) is 0 Å². The van der Waals surface area contributed by atoms with E-state index in [1.54, 1.807) is 0 Å². The molecule has 0 radical (unpaired) electrons. The number of methoxy groups -OCH3 is 1. The van der Waals surface area contributed by atoms with Gasteiger partial charge in [-0.25, -0.2) is 0 Å². The Bertz CT molecular complexity index is 527. The number of hydrogen-bond donors (Lipinski definition) is 0. The van der Waals surface area contributed by atoms with Gasteiger partial charge in [0.15, 0.2) is 0 Å². The van der Waals surface area contributed by atoms with Crippen molar-refractivity contribution in [3.8, 4) is 0 Å². The SMILES string of the molecule is CC(Br)c1ccccc1.COC(=O)C(Br)c1ccccc1. The van der Waals surface area contributed by atoms with E-state index in [0.717, 1.165) is 5.56 Å². The Kier molecular flexibility index (Phi) is 8.31. The van der Waals surface area contributed by atoms with E-state index in [1.165, 1.54) is 12.7 Å². The summed E-state index contributed by atoms with van der Waals surface area (Å²) in [5.74, 6) is -0.277. The van der Waals surface area contributed by atoms with E-state index < -0.39 is 0 Å². The number of esters is 1. The normalized spacial score (nSPS) is 12.6. The molecule has 2 aromatic rings. The van der Waals surface area contributed by atoms with Gasteiger partial charge in [-0.05, 0) is 18.1 Å². The van der Waals surface area contributed by atoms with Gasteiger partial charge < -0.3 is 4.74 Å². The lowest BCUT2D eigenvalue weighted by Gasteiger charge is -2.06. The highest BCUT2D eigenvalue weighted by Crippen LogP contribution is 2.23. The topological polar surface area (TPSA) is 26.3 Å². The van der Waals surface area contributed by atoms with Crippen LogP contribution in [-0.2, 0) is 9.53 Å². The first kappa shape index (κ1) is 17.9. The number of alkyl halides is 2. The molecule has 0 N–H and O–H groups in total. The average Bonchev–Trinajstić information content (AvgIpc) is 2.55. The molecule has 0 saturated heterocycles. The number of halogens is 2. The molecular formula is C17H18Br2O2. The molecular weight excluding hydrogens is 396 g/mol. The summed E-state index contributed by atoms with van der Waals surface area (Å²) in [5.41, 5.74) is 2.24. The molecule has 2 aromatic carbocycles. The fraction of sp³-hybridized carbons (Fsp3) is 0.235. The first-order valence-corrected chi connectivity index (χ1v) is 8.35. The van der Waals surface area contributed by atoms with E-state index in [-0.39, 0.29) is 10.8 Å². The maximum atomic E-state index is 11.0. The van der Waals surface area contributed by atoms with Crippen molar-refractivity contribution in [2.75, 3.05) is 7.11 Å². The fourth-order valence-electron chi connectivity index (χ4n) is 1.58. The molecule has 4 heteroatoms. The van der Waals surface area contributed by atoms with Crippen molar-refractivity contribution in [2.45, 2.75) is 16.6 Å². The van der Waals surface area contributed by atoms with Gasteiger partial charge in [-0.15, -0.1) is 0 Å². The quantitative estimate of drug-likeness (QED) is 0.494. The molecule has 0 bridgehead atoms. The second-order valence-electron chi connectivity index (χ2n) is 4.32. The molecule has 21 heavy (non-hydrogen) atoms. The van der Waals surface area contributed by atoms with Crippen LogP contribution in [0.1, 0.15) is 27.7 Å². The molecule has 0 amide bonds. The minimum atomic E-state index is -0.358. The van der Waals surface area contributed by atoms with Crippen LogP contribution in [0.15, 0.2) is 60.7 Å². The van der Waals surface area contributed by atoms with Crippen molar-refractivity contribution >= 4 is 37.8 Å². The zero-order chi connectivity index (χ0) is 15.7. The van der Waals surface area contributed by atoms with E-state index in [9.17, 15) is 4.79 Å². The van der Waals surface area contributed by atoms with E-state index in [2.05, 4.69) is 55.7 Å². The van der Waals surface area contributed by atoms with Crippen LogP contribution in [0, 0.1) is 0 Å². The smallest absolute Gasteiger partial charge is 0.323 e. The summed E-state index contributed by atoms with van der Waals surface area (Å²) in [7, 11) is 1.37. The highest BCUT2D eigenvalue weighted by Gasteiger charge is 2.16. The van der Waals surface area contributed by atoms with Crippen LogP contribution in [0.2, 0.25) is 0 Å². The molecule has 0 heterocycles.